The predicted molar refractivity (Wildman–Crippen MR) is 54.6 cm³/mol. The number of benzene rings is 1. The lowest BCUT2D eigenvalue weighted by molar-refractivity contribution is -0.0432. The van der Waals surface area contributed by atoms with E-state index in [2.05, 4.69) is 12.1 Å². The highest BCUT2D eigenvalue weighted by atomic mass is 19.1. The number of hydrogen-bond donors (Lipinski definition) is 0. The molecule has 1 aromatic carbocycles. The van der Waals surface area contributed by atoms with Crippen molar-refractivity contribution >= 4 is 6.08 Å². The Morgan fingerprint density at radius 2 is 2.21 bits per heavy atom. The van der Waals surface area contributed by atoms with Crippen LogP contribution in [0.15, 0.2) is 30.3 Å². The summed E-state index contributed by atoms with van der Waals surface area (Å²) in [4.78, 5) is 0. The molecule has 0 N–H and O–H groups in total. The Hall–Kier alpha value is -1.15. The fourth-order valence-corrected chi connectivity index (χ4v) is 1.78. The first-order chi connectivity index (χ1) is 6.73. The maximum absolute atomic E-state index is 12.1. The summed E-state index contributed by atoms with van der Waals surface area (Å²) in [5.41, 5.74) is 1.93. The van der Waals surface area contributed by atoms with Crippen LogP contribution in [0.3, 0.4) is 0 Å². The first-order valence-electron chi connectivity index (χ1n) is 4.71. The van der Waals surface area contributed by atoms with Gasteiger partial charge in [-0.1, -0.05) is 36.4 Å². The highest BCUT2D eigenvalue weighted by Gasteiger charge is 2.26. The number of rotatable bonds is 2. The molecule has 2 heteroatoms. The summed E-state index contributed by atoms with van der Waals surface area (Å²) in [6.07, 6.45) is 4.66. The van der Waals surface area contributed by atoms with Gasteiger partial charge in [-0.2, -0.15) is 0 Å². The lowest BCUT2D eigenvalue weighted by atomic mass is 9.87. The molecule has 0 saturated heterocycles. The molecule has 1 aliphatic carbocycles. The summed E-state index contributed by atoms with van der Waals surface area (Å²) in [6, 6.07) is 8.11. The highest BCUT2D eigenvalue weighted by Crippen LogP contribution is 2.28. The Morgan fingerprint density at radius 3 is 3.00 bits per heavy atom. The number of halogens is 1. The Kier molecular flexibility index (Phi) is 2.38. The molecule has 2 rings (SSSR count). The van der Waals surface area contributed by atoms with Crippen molar-refractivity contribution in [3.63, 3.8) is 0 Å². The standard InChI is InChI=1S/C12H13FO/c1-12(14-9-13)7-6-10-4-2-3-5-11(10)8-12/h2-7H,8-9H2,1H3. The molecule has 0 aliphatic heterocycles. The summed E-state index contributed by atoms with van der Waals surface area (Å²) in [5.74, 6) is 0. The Morgan fingerprint density at radius 1 is 1.43 bits per heavy atom. The van der Waals surface area contributed by atoms with E-state index in [-0.39, 0.29) is 0 Å². The first-order valence-corrected chi connectivity index (χ1v) is 4.71. The molecule has 14 heavy (non-hydrogen) atoms. The van der Waals surface area contributed by atoms with Gasteiger partial charge in [0.1, 0.15) is 0 Å². The van der Waals surface area contributed by atoms with Gasteiger partial charge in [0.15, 0.2) is 6.86 Å². The van der Waals surface area contributed by atoms with Crippen molar-refractivity contribution in [2.45, 2.75) is 18.9 Å². The molecule has 74 valence electrons. The minimum absolute atomic E-state index is 0.483. The summed E-state index contributed by atoms with van der Waals surface area (Å²) in [5, 5.41) is 0. The van der Waals surface area contributed by atoms with Crippen molar-refractivity contribution in [1.82, 2.24) is 0 Å². The van der Waals surface area contributed by atoms with Gasteiger partial charge in [-0.05, 0) is 18.1 Å². The first kappa shape index (κ1) is 9.41. The van der Waals surface area contributed by atoms with Gasteiger partial charge in [0.05, 0.1) is 5.60 Å². The summed E-state index contributed by atoms with van der Waals surface area (Å²) in [7, 11) is 0. The van der Waals surface area contributed by atoms with Crippen LogP contribution in [0.4, 0.5) is 4.39 Å². The number of ether oxygens (including phenoxy) is 1. The van der Waals surface area contributed by atoms with E-state index in [9.17, 15) is 4.39 Å². The van der Waals surface area contributed by atoms with Crippen molar-refractivity contribution in [2.75, 3.05) is 6.86 Å². The minimum Gasteiger partial charge on any atom is -0.340 e. The van der Waals surface area contributed by atoms with Gasteiger partial charge in [0.2, 0.25) is 0 Å². The molecule has 1 unspecified atom stereocenters. The molecule has 0 fully saturated rings. The third kappa shape index (κ3) is 1.70. The molecular formula is C12H13FO. The van der Waals surface area contributed by atoms with Crippen molar-refractivity contribution in [3.05, 3.63) is 41.5 Å². The van der Waals surface area contributed by atoms with Crippen LogP contribution < -0.4 is 0 Å². The van der Waals surface area contributed by atoms with Crippen molar-refractivity contribution in [2.24, 2.45) is 0 Å². The maximum Gasteiger partial charge on any atom is 0.189 e. The van der Waals surface area contributed by atoms with E-state index >= 15 is 0 Å². The zero-order valence-corrected chi connectivity index (χ0v) is 8.16. The van der Waals surface area contributed by atoms with E-state index in [0.717, 1.165) is 6.42 Å². The Labute approximate surface area is 83.2 Å². The molecule has 0 heterocycles. The smallest absolute Gasteiger partial charge is 0.189 e. The molecule has 0 aromatic heterocycles. The van der Waals surface area contributed by atoms with Crippen LogP contribution in [-0.4, -0.2) is 12.5 Å². The zero-order chi connectivity index (χ0) is 10.0. The third-order valence-electron chi connectivity index (χ3n) is 2.60. The van der Waals surface area contributed by atoms with E-state index in [1.54, 1.807) is 0 Å². The average Bonchev–Trinajstić information content (AvgIpc) is 2.17. The number of alkyl halides is 1. The van der Waals surface area contributed by atoms with Crippen LogP contribution in [0, 0.1) is 0 Å². The maximum atomic E-state index is 12.1. The second-order valence-corrected chi connectivity index (χ2v) is 3.78. The normalized spacial score (nSPS) is 24.7. The third-order valence-corrected chi connectivity index (χ3v) is 2.60. The monoisotopic (exact) mass is 192 g/mol. The van der Waals surface area contributed by atoms with Crippen LogP contribution in [-0.2, 0) is 11.2 Å². The van der Waals surface area contributed by atoms with Crippen LogP contribution >= 0.6 is 0 Å². The van der Waals surface area contributed by atoms with E-state index in [4.69, 9.17) is 4.74 Å². The minimum atomic E-state index is -0.733. The fourth-order valence-electron chi connectivity index (χ4n) is 1.78. The molecule has 0 bridgehead atoms. The van der Waals surface area contributed by atoms with Gasteiger partial charge < -0.3 is 4.74 Å². The van der Waals surface area contributed by atoms with Gasteiger partial charge in [-0.25, -0.2) is 4.39 Å². The quantitative estimate of drug-likeness (QED) is 0.700. The Bertz CT molecular complexity index is 359. The van der Waals surface area contributed by atoms with E-state index in [1.165, 1.54) is 11.1 Å². The summed E-state index contributed by atoms with van der Waals surface area (Å²) in [6.45, 7) is 1.17. The second-order valence-electron chi connectivity index (χ2n) is 3.78. The zero-order valence-electron chi connectivity index (χ0n) is 8.16. The van der Waals surface area contributed by atoms with Crippen LogP contribution in [0.2, 0.25) is 0 Å². The molecule has 1 aromatic rings. The molecule has 0 spiro atoms. The average molecular weight is 192 g/mol. The number of fused-ring (bicyclic) bond motifs is 1. The van der Waals surface area contributed by atoms with Gasteiger partial charge in [0, 0.05) is 6.42 Å². The van der Waals surface area contributed by atoms with Gasteiger partial charge in [-0.15, -0.1) is 0 Å². The molecule has 1 atom stereocenters. The highest BCUT2D eigenvalue weighted by molar-refractivity contribution is 5.58. The SMILES string of the molecule is CC1(OCF)C=Cc2ccccc2C1. The van der Waals surface area contributed by atoms with E-state index < -0.39 is 12.5 Å². The molecule has 1 nitrogen and oxygen atoms in total. The second kappa shape index (κ2) is 3.54. The van der Waals surface area contributed by atoms with Crippen LogP contribution in [0.25, 0.3) is 6.08 Å². The molecule has 0 saturated carbocycles. The van der Waals surface area contributed by atoms with Gasteiger partial charge in [0.25, 0.3) is 0 Å². The lowest BCUT2D eigenvalue weighted by Crippen LogP contribution is -2.30. The number of hydrogen-bond acceptors (Lipinski definition) is 1. The van der Waals surface area contributed by atoms with Crippen molar-refractivity contribution < 1.29 is 9.13 Å². The Balaban J connectivity index is 2.29. The topological polar surface area (TPSA) is 9.23 Å². The molecular weight excluding hydrogens is 179 g/mol. The van der Waals surface area contributed by atoms with Crippen LogP contribution in [0.1, 0.15) is 18.1 Å². The molecule has 0 radical (unpaired) electrons. The molecule has 0 amide bonds. The fraction of sp³-hybridized carbons (Fsp3) is 0.333. The predicted octanol–water partition coefficient (Wildman–Crippen LogP) is 2.96. The largest absolute Gasteiger partial charge is 0.340 e. The van der Waals surface area contributed by atoms with E-state index in [1.807, 2.05) is 31.2 Å². The summed E-state index contributed by atoms with van der Waals surface area (Å²) >= 11 is 0. The van der Waals surface area contributed by atoms with Crippen molar-refractivity contribution in [3.8, 4) is 0 Å². The van der Waals surface area contributed by atoms with Gasteiger partial charge >= 0.3 is 0 Å². The summed E-state index contributed by atoms with van der Waals surface area (Å²) < 4.78 is 17.2. The van der Waals surface area contributed by atoms with Gasteiger partial charge in [-0.3, -0.25) is 0 Å². The lowest BCUT2D eigenvalue weighted by Gasteiger charge is -2.29. The van der Waals surface area contributed by atoms with Crippen LogP contribution in [0.5, 0.6) is 0 Å². The van der Waals surface area contributed by atoms with Crippen molar-refractivity contribution in [1.29, 1.82) is 0 Å². The molecule has 1 aliphatic rings. The van der Waals surface area contributed by atoms with E-state index in [0.29, 0.717) is 0 Å².